The molecule has 0 aliphatic carbocycles. The van der Waals surface area contributed by atoms with Gasteiger partial charge in [0.1, 0.15) is 0 Å². The van der Waals surface area contributed by atoms with E-state index in [1.165, 1.54) is 10.4 Å². The van der Waals surface area contributed by atoms with Crippen molar-refractivity contribution < 1.29 is 18.3 Å². The molecule has 1 aliphatic rings. The van der Waals surface area contributed by atoms with Gasteiger partial charge in [-0.3, -0.25) is 0 Å². The number of nitrogen functional groups attached to an aromatic ring is 1. The summed E-state index contributed by atoms with van der Waals surface area (Å²) in [5.41, 5.74) is 6.11. The zero-order valence-corrected chi connectivity index (χ0v) is 13.4. The van der Waals surface area contributed by atoms with E-state index in [1.54, 1.807) is 19.1 Å². The van der Waals surface area contributed by atoms with Crippen molar-refractivity contribution in [3.8, 4) is 0 Å². The monoisotopic (exact) mass is 364 g/mol. The molecular formula is C12H17BrN2O4S. The highest BCUT2D eigenvalue weighted by Gasteiger charge is 2.34. The predicted octanol–water partition coefficient (Wildman–Crippen LogP) is 0.802. The van der Waals surface area contributed by atoms with Crippen molar-refractivity contribution in [3.05, 3.63) is 22.7 Å². The van der Waals surface area contributed by atoms with Gasteiger partial charge in [0.05, 0.1) is 23.7 Å². The summed E-state index contributed by atoms with van der Waals surface area (Å²) in [5, 5.41) is 9.18. The first-order valence-corrected chi connectivity index (χ1v) is 8.39. The van der Waals surface area contributed by atoms with E-state index in [9.17, 15) is 13.5 Å². The van der Waals surface area contributed by atoms with Gasteiger partial charge in [-0.2, -0.15) is 4.31 Å². The topological polar surface area (TPSA) is 92.9 Å². The van der Waals surface area contributed by atoms with Crippen molar-refractivity contribution in [1.29, 1.82) is 0 Å². The highest BCUT2D eigenvalue weighted by atomic mass is 79.9. The summed E-state index contributed by atoms with van der Waals surface area (Å²) in [6, 6.07) is 4.58. The van der Waals surface area contributed by atoms with Crippen LogP contribution in [0.4, 0.5) is 5.69 Å². The molecule has 1 heterocycles. The molecule has 2 atom stereocenters. The second-order valence-electron chi connectivity index (χ2n) is 4.76. The lowest BCUT2D eigenvalue weighted by molar-refractivity contribution is -0.0750. The van der Waals surface area contributed by atoms with Crippen LogP contribution in [0.1, 0.15) is 6.92 Å². The fourth-order valence-electron chi connectivity index (χ4n) is 2.17. The molecule has 1 aromatic carbocycles. The van der Waals surface area contributed by atoms with Crippen LogP contribution in [0.3, 0.4) is 0 Å². The van der Waals surface area contributed by atoms with Gasteiger partial charge in [-0.25, -0.2) is 8.42 Å². The van der Waals surface area contributed by atoms with Crippen molar-refractivity contribution in [2.45, 2.75) is 24.0 Å². The van der Waals surface area contributed by atoms with E-state index < -0.39 is 16.1 Å². The Balaban J connectivity index is 2.34. The number of aliphatic hydroxyl groups excluding tert-OH is 1. The van der Waals surface area contributed by atoms with Gasteiger partial charge >= 0.3 is 0 Å². The first-order chi connectivity index (χ1) is 9.34. The Morgan fingerprint density at radius 3 is 2.80 bits per heavy atom. The standard InChI is InChI=1S/C12H17BrN2O4S/c1-8-5-15(6-10(7-16)19-8)20(17,18)12-3-2-9(14)4-11(12)13/h2-4,8,10,16H,5-7,14H2,1H3. The van der Waals surface area contributed by atoms with Gasteiger partial charge in [0.2, 0.25) is 10.0 Å². The van der Waals surface area contributed by atoms with Gasteiger partial charge < -0.3 is 15.6 Å². The molecule has 0 bridgehead atoms. The second kappa shape index (κ2) is 5.98. The molecule has 6 nitrogen and oxygen atoms in total. The normalized spacial score (nSPS) is 24.8. The number of sulfonamides is 1. The number of hydrogen-bond donors (Lipinski definition) is 2. The first kappa shape index (κ1) is 15.7. The Morgan fingerprint density at radius 2 is 2.20 bits per heavy atom. The summed E-state index contributed by atoms with van der Waals surface area (Å²) in [4.78, 5) is 0.164. The molecule has 1 fully saturated rings. The molecular weight excluding hydrogens is 348 g/mol. The summed E-state index contributed by atoms with van der Waals surface area (Å²) in [6.45, 7) is 1.97. The van der Waals surface area contributed by atoms with Gasteiger partial charge in [-0.15, -0.1) is 0 Å². The van der Waals surface area contributed by atoms with Crippen LogP contribution in [0.25, 0.3) is 0 Å². The molecule has 2 unspecified atom stereocenters. The minimum absolute atomic E-state index is 0.139. The number of nitrogens with two attached hydrogens (primary N) is 1. The molecule has 0 saturated carbocycles. The molecule has 0 radical (unpaired) electrons. The van der Waals surface area contributed by atoms with Crippen LogP contribution in [0.5, 0.6) is 0 Å². The minimum atomic E-state index is -3.65. The predicted molar refractivity (Wildman–Crippen MR) is 78.7 cm³/mol. The van der Waals surface area contributed by atoms with Gasteiger partial charge in [0.15, 0.2) is 0 Å². The molecule has 20 heavy (non-hydrogen) atoms. The smallest absolute Gasteiger partial charge is 0.244 e. The third-order valence-corrected chi connectivity index (χ3v) is 5.88. The van der Waals surface area contributed by atoms with Gasteiger partial charge in [0, 0.05) is 23.2 Å². The lowest BCUT2D eigenvalue weighted by Gasteiger charge is -2.35. The Kier molecular flexibility index (Phi) is 4.70. The average Bonchev–Trinajstić information content (AvgIpc) is 2.37. The van der Waals surface area contributed by atoms with E-state index in [2.05, 4.69) is 15.9 Å². The number of rotatable bonds is 3. The fraction of sp³-hybridized carbons (Fsp3) is 0.500. The summed E-state index contributed by atoms with van der Waals surface area (Å²) in [5.74, 6) is 0. The first-order valence-electron chi connectivity index (χ1n) is 6.16. The van der Waals surface area contributed by atoms with Crippen LogP contribution in [-0.2, 0) is 14.8 Å². The largest absolute Gasteiger partial charge is 0.399 e. The molecule has 0 amide bonds. The summed E-state index contributed by atoms with van der Waals surface area (Å²) >= 11 is 3.23. The minimum Gasteiger partial charge on any atom is -0.399 e. The van der Waals surface area contributed by atoms with Crippen molar-refractivity contribution >= 4 is 31.6 Å². The molecule has 3 N–H and O–H groups in total. The molecule has 1 saturated heterocycles. The molecule has 2 rings (SSSR count). The number of aliphatic hydroxyl groups is 1. The number of ether oxygens (including phenoxy) is 1. The number of anilines is 1. The van der Waals surface area contributed by atoms with Gasteiger partial charge in [-0.05, 0) is 41.1 Å². The lowest BCUT2D eigenvalue weighted by atomic mass is 10.2. The second-order valence-corrected chi connectivity index (χ2v) is 7.52. The van der Waals surface area contributed by atoms with Crippen LogP contribution in [0.2, 0.25) is 0 Å². The number of morpholine rings is 1. The van der Waals surface area contributed by atoms with Crippen LogP contribution >= 0.6 is 15.9 Å². The highest BCUT2D eigenvalue weighted by molar-refractivity contribution is 9.10. The summed E-state index contributed by atoms with van der Waals surface area (Å²) in [6.07, 6.45) is -0.760. The van der Waals surface area contributed by atoms with Crippen molar-refractivity contribution in [1.82, 2.24) is 4.31 Å². The fourth-order valence-corrected chi connectivity index (χ4v) is 4.77. The quantitative estimate of drug-likeness (QED) is 0.773. The van der Waals surface area contributed by atoms with Gasteiger partial charge in [0.25, 0.3) is 0 Å². The molecule has 1 aromatic rings. The average molecular weight is 365 g/mol. The lowest BCUT2D eigenvalue weighted by Crippen LogP contribution is -2.50. The van der Waals surface area contributed by atoms with Crippen LogP contribution < -0.4 is 5.73 Å². The zero-order valence-electron chi connectivity index (χ0n) is 11.0. The van der Waals surface area contributed by atoms with E-state index in [-0.39, 0.29) is 30.7 Å². The Hall–Kier alpha value is -0.670. The van der Waals surface area contributed by atoms with Crippen LogP contribution in [-0.4, -0.2) is 49.7 Å². The number of halogens is 1. The van der Waals surface area contributed by atoms with E-state index in [4.69, 9.17) is 10.5 Å². The zero-order chi connectivity index (χ0) is 14.9. The van der Waals surface area contributed by atoms with E-state index in [0.717, 1.165) is 0 Å². The molecule has 1 aliphatic heterocycles. The Bertz CT molecular complexity index is 593. The van der Waals surface area contributed by atoms with E-state index >= 15 is 0 Å². The van der Waals surface area contributed by atoms with E-state index in [1.807, 2.05) is 0 Å². The van der Waals surface area contributed by atoms with Crippen molar-refractivity contribution in [2.24, 2.45) is 0 Å². The van der Waals surface area contributed by atoms with Crippen molar-refractivity contribution in [2.75, 3.05) is 25.4 Å². The number of nitrogens with zero attached hydrogens (tertiary/aromatic N) is 1. The highest BCUT2D eigenvalue weighted by Crippen LogP contribution is 2.28. The third kappa shape index (κ3) is 3.15. The van der Waals surface area contributed by atoms with E-state index in [0.29, 0.717) is 10.2 Å². The Morgan fingerprint density at radius 1 is 1.50 bits per heavy atom. The molecule has 8 heteroatoms. The van der Waals surface area contributed by atoms with Crippen LogP contribution in [0, 0.1) is 0 Å². The SMILES string of the molecule is CC1CN(S(=O)(=O)c2ccc(N)cc2Br)CC(CO)O1. The number of benzene rings is 1. The maximum atomic E-state index is 12.6. The molecule has 0 aromatic heterocycles. The maximum Gasteiger partial charge on any atom is 0.244 e. The van der Waals surface area contributed by atoms with Crippen molar-refractivity contribution in [3.63, 3.8) is 0 Å². The number of hydrogen-bond acceptors (Lipinski definition) is 5. The molecule has 112 valence electrons. The van der Waals surface area contributed by atoms with Gasteiger partial charge in [-0.1, -0.05) is 0 Å². The molecule has 0 spiro atoms. The van der Waals surface area contributed by atoms with Crippen LogP contribution in [0.15, 0.2) is 27.6 Å². The third-order valence-electron chi connectivity index (χ3n) is 3.07. The summed E-state index contributed by atoms with van der Waals surface area (Å²) in [7, 11) is -3.65. The Labute approximate surface area is 126 Å². The summed E-state index contributed by atoms with van der Waals surface area (Å²) < 4.78 is 32.5. The maximum absolute atomic E-state index is 12.6.